The fraction of sp³-hybridized carbons (Fsp3) is 0. The molecule has 0 saturated heterocycles. The average Bonchev–Trinajstić information content (AvgIpc) is 3.01. The van der Waals surface area contributed by atoms with Crippen molar-refractivity contribution >= 4 is 12.8 Å². The summed E-state index contributed by atoms with van der Waals surface area (Å²) < 4.78 is 2.05. The topological polar surface area (TPSA) is 17.8 Å². The molecule has 1 aromatic carbocycles. The number of aromatic nitrogens is 2. The summed E-state index contributed by atoms with van der Waals surface area (Å²) >= 11 is 0. The van der Waals surface area contributed by atoms with Crippen molar-refractivity contribution < 1.29 is 0 Å². The van der Waals surface area contributed by atoms with E-state index >= 15 is 0 Å². The highest BCUT2D eigenvalue weighted by Gasteiger charge is 2.07. The van der Waals surface area contributed by atoms with Crippen LogP contribution >= 0.6 is 0 Å². The van der Waals surface area contributed by atoms with Crippen LogP contribution in [0, 0.1) is 0 Å². The van der Waals surface area contributed by atoms with Crippen LogP contribution < -0.4 is 0 Å². The van der Waals surface area contributed by atoms with E-state index in [1.165, 1.54) is 5.47 Å². The lowest BCUT2D eigenvalue weighted by Gasteiger charge is -1.99. The van der Waals surface area contributed by atoms with Crippen molar-refractivity contribution in [3.05, 3.63) is 66.7 Å². The van der Waals surface area contributed by atoms with Crippen molar-refractivity contribution in [2.75, 3.05) is 0 Å². The normalized spacial score (nSPS) is 13.6. The van der Waals surface area contributed by atoms with Gasteiger partial charge in [0.25, 0.3) is 0 Å². The van der Waals surface area contributed by atoms with Crippen molar-refractivity contribution in [1.82, 2.24) is 9.55 Å². The maximum atomic E-state index is 4.43. The largest absolute Gasteiger partial charge is 0.306 e. The molecule has 2 heterocycles. The summed E-state index contributed by atoms with van der Waals surface area (Å²) in [5.74, 6) is 2.15. The number of allylic oxidation sites excluding steroid dienone is 2. The van der Waals surface area contributed by atoms with Gasteiger partial charge in [0.05, 0.1) is 12.0 Å². The van der Waals surface area contributed by atoms with Crippen LogP contribution in [-0.4, -0.2) is 16.8 Å². The Kier molecular flexibility index (Phi) is 2.22. The van der Waals surface area contributed by atoms with Crippen LogP contribution in [0.4, 0.5) is 0 Å². The molecule has 0 bridgehead atoms. The van der Waals surface area contributed by atoms with E-state index in [0.29, 0.717) is 0 Å². The Bertz CT molecular complexity index is 552. The molecule has 0 fully saturated rings. The number of rotatable bonds is 2. The van der Waals surface area contributed by atoms with Gasteiger partial charge in [0, 0.05) is 11.9 Å². The Morgan fingerprint density at radius 1 is 1.12 bits per heavy atom. The molecule has 0 atom stereocenters. The molecule has 3 rings (SSSR count). The highest BCUT2D eigenvalue weighted by Crippen LogP contribution is 2.16. The van der Waals surface area contributed by atoms with Gasteiger partial charge in [-0.2, -0.15) is 0 Å². The molecule has 2 aromatic rings. The maximum Gasteiger partial charge on any atom is 0.185 e. The van der Waals surface area contributed by atoms with E-state index in [9.17, 15) is 0 Å². The lowest BCUT2D eigenvalue weighted by Crippen LogP contribution is -1.90. The molecule has 1 aliphatic rings. The maximum absolute atomic E-state index is 4.43. The molecular formula is C13H11BN2. The summed E-state index contributed by atoms with van der Waals surface area (Å²) in [7, 11) is 0.992. The number of benzene rings is 1. The van der Waals surface area contributed by atoms with E-state index in [2.05, 4.69) is 46.0 Å². The van der Waals surface area contributed by atoms with Gasteiger partial charge in [-0.25, -0.2) is 4.98 Å². The van der Waals surface area contributed by atoms with Crippen molar-refractivity contribution in [3.8, 4) is 5.69 Å². The van der Waals surface area contributed by atoms with Gasteiger partial charge in [-0.15, -0.1) is 5.98 Å². The van der Waals surface area contributed by atoms with Gasteiger partial charge < -0.3 is 4.57 Å². The number of hydrogen-bond acceptors (Lipinski definition) is 1. The number of para-hydroxylation sites is 1. The third-order valence-electron chi connectivity index (χ3n) is 2.74. The average molecular weight is 206 g/mol. The van der Waals surface area contributed by atoms with Crippen LogP contribution in [0.1, 0.15) is 5.69 Å². The van der Waals surface area contributed by atoms with Crippen molar-refractivity contribution in [2.45, 2.75) is 0 Å². The molecule has 1 aromatic heterocycles. The Labute approximate surface area is 95.2 Å². The van der Waals surface area contributed by atoms with Gasteiger partial charge in [0.15, 0.2) is 7.28 Å². The second-order valence-corrected chi connectivity index (χ2v) is 3.83. The highest BCUT2D eigenvalue weighted by atomic mass is 15.0. The van der Waals surface area contributed by atoms with Crippen molar-refractivity contribution in [2.24, 2.45) is 0 Å². The zero-order valence-electron chi connectivity index (χ0n) is 8.88. The van der Waals surface area contributed by atoms with E-state index in [1.54, 1.807) is 0 Å². The molecule has 1 aliphatic heterocycles. The monoisotopic (exact) mass is 206 g/mol. The third kappa shape index (κ3) is 1.61. The first-order valence-electron chi connectivity index (χ1n) is 5.39. The molecule has 0 unspecified atom stereocenters. The smallest absolute Gasteiger partial charge is 0.185 e. The SMILES string of the molecule is B1C=CC=C1c1cn(-c2ccccc2)cn1. The minimum absolute atomic E-state index is 0.992. The Morgan fingerprint density at radius 3 is 2.75 bits per heavy atom. The molecule has 16 heavy (non-hydrogen) atoms. The van der Waals surface area contributed by atoms with Gasteiger partial charge >= 0.3 is 0 Å². The quantitative estimate of drug-likeness (QED) is 0.688. The molecule has 0 N–H and O–H groups in total. The predicted octanol–water partition coefficient (Wildman–Crippen LogP) is 2.18. The summed E-state index contributed by atoms with van der Waals surface area (Å²) in [6.45, 7) is 0. The van der Waals surface area contributed by atoms with Crippen LogP contribution in [0.15, 0.2) is 61.0 Å². The van der Waals surface area contributed by atoms with E-state index in [4.69, 9.17) is 0 Å². The number of nitrogens with zero attached hydrogens (tertiary/aromatic N) is 2. The van der Waals surface area contributed by atoms with Crippen LogP contribution in [0.5, 0.6) is 0 Å². The lowest BCUT2D eigenvalue weighted by molar-refractivity contribution is 1.06. The van der Waals surface area contributed by atoms with E-state index in [-0.39, 0.29) is 0 Å². The van der Waals surface area contributed by atoms with E-state index in [1.807, 2.05) is 24.5 Å². The van der Waals surface area contributed by atoms with Crippen LogP contribution in [0.25, 0.3) is 11.2 Å². The molecule has 2 nitrogen and oxygen atoms in total. The Morgan fingerprint density at radius 2 is 2.00 bits per heavy atom. The van der Waals surface area contributed by atoms with Crippen molar-refractivity contribution in [1.29, 1.82) is 0 Å². The second kappa shape index (κ2) is 3.85. The molecule has 0 amide bonds. The van der Waals surface area contributed by atoms with E-state index in [0.717, 1.165) is 18.7 Å². The molecule has 0 spiro atoms. The van der Waals surface area contributed by atoms with Gasteiger partial charge in [0.2, 0.25) is 0 Å². The standard InChI is InChI=1S/C13H11BN2/c1-2-5-11(6-3-1)16-9-13(15-10-16)12-7-4-8-14-12/h1-10,14H. The van der Waals surface area contributed by atoms with Crippen LogP contribution in [-0.2, 0) is 0 Å². The Hall–Kier alpha value is -2.03. The van der Waals surface area contributed by atoms with Gasteiger partial charge in [-0.3, -0.25) is 0 Å². The summed E-state index contributed by atoms with van der Waals surface area (Å²) in [5.41, 5.74) is 3.50. The number of hydrogen-bond donors (Lipinski definition) is 0. The lowest BCUT2D eigenvalue weighted by atomic mass is 9.72. The first-order valence-corrected chi connectivity index (χ1v) is 5.39. The molecule has 0 saturated carbocycles. The molecule has 3 heteroatoms. The molecule has 0 radical (unpaired) electrons. The minimum atomic E-state index is 0.992. The van der Waals surface area contributed by atoms with Crippen LogP contribution in [0.3, 0.4) is 0 Å². The minimum Gasteiger partial charge on any atom is -0.306 e. The van der Waals surface area contributed by atoms with Crippen LogP contribution in [0.2, 0.25) is 0 Å². The number of imidazole rings is 1. The first kappa shape index (κ1) is 9.22. The molecular weight excluding hydrogens is 195 g/mol. The fourth-order valence-corrected chi connectivity index (χ4v) is 1.87. The summed E-state index contributed by atoms with van der Waals surface area (Å²) in [5, 5.41) is 0. The Balaban J connectivity index is 1.94. The molecule has 76 valence electrons. The molecule has 0 aliphatic carbocycles. The summed E-state index contributed by atoms with van der Waals surface area (Å²) in [4.78, 5) is 4.43. The summed E-state index contributed by atoms with van der Waals surface area (Å²) in [6, 6.07) is 10.2. The fourth-order valence-electron chi connectivity index (χ4n) is 1.87. The summed E-state index contributed by atoms with van der Waals surface area (Å²) in [6.07, 6.45) is 8.15. The van der Waals surface area contributed by atoms with Gasteiger partial charge in [0.1, 0.15) is 0 Å². The predicted molar refractivity (Wildman–Crippen MR) is 67.8 cm³/mol. The zero-order chi connectivity index (χ0) is 10.8. The first-order chi connectivity index (χ1) is 7.93. The third-order valence-corrected chi connectivity index (χ3v) is 2.74. The van der Waals surface area contributed by atoms with Gasteiger partial charge in [-0.05, 0) is 12.1 Å². The zero-order valence-corrected chi connectivity index (χ0v) is 8.88. The van der Waals surface area contributed by atoms with E-state index < -0.39 is 0 Å². The van der Waals surface area contributed by atoms with Crippen molar-refractivity contribution in [3.63, 3.8) is 0 Å². The highest BCUT2D eigenvalue weighted by molar-refractivity contribution is 6.66. The van der Waals surface area contributed by atoms with Gasteiger partial charge in [-0.1, -0.05) is 35.8 Å². The second-order valence-electron chi connectivity index (χ2n) is 3.83.